The van der Waals surface area contributed by atoms with Crippen LogP contribution in [0.4, 0.5) is 0 Å². The first-order chi connectivity index (χ1) is 10.4. The van der Waals surface area contributed by atoms with Crippen LogP contribution in [0.1, 0.15) is 12.8 Å². The highest BCUT2D eigenvalue weighted by Crippen LogP contribution is 2.35. The molecule has 2 fully saturated rings. The second-order valence-corrected chi connectivity index (χ2v) is 8.03. The molecular formula is C15H17NO5S. The van der Waals surface area contributed by atoms with Gasteiger partial charge in [0.25, 0.3) is 0 Å². The van der Waals surface area contributed by atoms with Crippen LogP contribution in [0, 0.1) is 11.8 Å². The standard InChI is InChI=1S/C15H17NO5S/c17-14(10-6-7-10)16-8-12(15(18)19)13(9-16)22(20,21)11-4-2-1-3-5-11/h1-5,10,12-13H,6-9H2,(H,18,19)/t12-,13-/m1/s1. The van der Waals surface area contributed by atoms with Crippen LogP contribution in [-0.2, 0) is 19.4 Å². The van der Waals surface area contributed by atoms with Gasteiger partial charge in [0.1, 0.15) is 0 Å². The predicted octanol–water partition coefficient (Wildman–Crippen LogP) is 0.782. The van der Waals surface area contributed by atoms with Crippen LogP contribution in [0.25, 0.3) is 0 Å². The fraction of sp³-hybridized carbons (Fsp3) is 0.467. The number of carbonyl (C=O) groups excluding carboxylic acids is 1. The number of aliphatic carboxylic acids is 1. The molecule has 1 saturated heterocycles. The van der Waals surface area contributed by atoms with Crippen LogP contribution < -0.4 is 0 Å². The normalized spacial score (nSPS) is 25.2. The Hall–Kier alpha value is -1.89. The van der Waals surface area contributed by atoms with Crippen molar-refractivity contribution in [1.82, 2.24) is 4.90 Å². The second kappa shape index (κ2) is 5.39. The Labute approximate surface area is 128 Å². The summed E-state index contributed by atoms with van der Waals surface area (Å²) in [7, 11) is -3.78. The zero-order valence-electron chi connectivity index (χ0n) is 11.9. The number of carboxylic acids is 1. The van der Waals surface area contributed by atoms with Gasteiger partial charge in [-0.3, -0.25) is 9.59 Å². The number of amides is 1. The minimum atomic E-state index is -3.78. The van der Waals surface area contributed by atoms with Gasteiger partial charge in [0, 0.05) is 19.0 Å². The quantitative estimate of drug-likeness (QED) is 0.884. The summed E-state index contributed by atoms with van der Waals surface area (Å²) in [5, 5.41) is 8.26. The molecule has 22 heavy (non-hydrogen) atoms. The van der Waals surface area contributed by atoms with Crippen LogP contribution in [-0.4, -0.2) is 48.6 Å². The van der Waals surface area contributed by atoms with E-state index in [4.69, 9.17) is 0 Å². The molecule has 0 unspecified atom stereocenters. The van der Waals surface area contributed by atoms with Crippen LogP contribution in [0.5, 0.6) is 0 Å². The molecule has 1 aromatic carbocycles. The molecule has 1 N–H and O–H groups in total. The van der Waals surface area contributed by atoms with Gasteiger partial charge in [0.05, 0.1) is 16.1 Å². The van der Waals surface area contributed by atoms with Crippen molar-refractivity contribution in [2.75, 3.05) is 13.1 Å². The highest BCUT2D eigenvalue weighted by atomic mass is 32.2. The lowest BCUT2D eigenvalue weighted by molar-refractivity contribution is -0.141. The molecule has 0 aromatic heterocycles. The number of sulfone groups is 1. The van der Waals surface area contributed by atoms with E-state index in [1.54, 1.807) is 18.2 Å². The summed E-state index contributed by atoms with van der Waals surface area (Å²) >= 11 is 0. The van der Waals surface area contributed by atoms with Crippen LogP contribution in [0.3, 0.4) is 0 Å². The van der Waals surface area contributed by atoms with Gasteiger partial charge in [-0.1, -0.05) is 18.2 Å². The highest BCUT2D eigenvalue weighted by molar-refractivity contribution is 7.92. The van der Waals surface area contributed by atoms with Gasteiger partial charge < -0.3 is 10.0 Å². The third-order valence-electron chi connectivity index (χ3n) is 4.29. The fourth-order valence-electron chi connectivity index (χ4n) is 2.88. The Morgan fingerprint density at radius 1 is 1.09 bits per heavy atom. The van der Waals surface area contributed by atoms with Gasteiger partial charge in [0.15, 0.2) is 9.84 Å². The van der Waals surface area contributed by atoms with E-state index in [2.05, 4.69) is 0 Å². The van der Waals surface area contributed by atoms with Crippen molar-refractivity contribution in [3.8, 4) is 0 Å². The minimum Gasteiger partial charge on any atom is -0.481 e. The summed E-state index contributed by atoms with van der Waals surface area (Å²) in [5.41, 5.74) is 0. The molecule has 2 atom stereocenters. The molecule has 6 nitrogen and oxygen atoms in total. The third kappa shape index (κ3) is 2.61. The Bertz CT molecular complexity index is 696. The van der Waals surface area contributed by atoms with Crippen LogP contribution in [0.2, 0.25) is 0 Å². The van der Waals surface area contributed by atoms with E-state index in [0.29, 0.717) is 0 Å². The number of rotatable bonds is 4. The first-order valence-electron chi connectivity index (χ1n) is 7.22. The van der Waals surface area contributed by atoms with Gasteiger partial charge in [-0.2, -0.15) is 0 Å². The average molecular weight is 323 g/mol. The van der Waals surface area contributed by atoms with Gasteiger partial charge >= 0.3 is 5.97 Å². The van der Waals surface area contributed by atoms with Crippen molar-refractivity contribution in [3.05, 3.63) is 30.3 Å². The number of benzene rings is 1. The zero-order valence-corrected chi connectivity index (χ0v) is 12.7. The molecule has 1 aliphatic carbocycles. The molecule has 3 rings (SSSR count). The summed E-state index contributed by atoms with van der Waals surface area (Å²) in [4.78, 5) is 25.1. The van der Waals surface area contributed by atoms with Crippen molar-refractivity contribution < 1.29 is 23.1 Å². The predicted molar refractivity (Wildman–Crippen MR) is 77.8 cm³/mol. The first-order valence-corrected chi connectivity index (χ1v) is 8.76. The van der Waals surface area contributed by atoms with Crippen molar-refractivity contribution in [3.63, 3.8) is 0 Å². The van der Waals surface area contributed by atoms with E-state index >= 15 is 0 Å². The molecule has 1 heterocycles. The molecule has 1 saturated carbocycles. The second-order valence-electron chi connectivity index (χ2n) is 5.86. The maximum Gasteiger partial charge on any atom is 0.309 e. The molecule has 2 aliphatic rings. The molecule has 0 radical (unpaired) electrons. The molecule has 118 valence electrons. The van der Waals surface area contributed by atoms with E-state index in [1.807, 2.05) is 0 Å². The summed E-state index contributed by atoms with van der Waals surface area (Å²) < 4.78 is 25.4. The third-order valence-corrected chi connectivity index (χ3v) is 6.50. The van der Waals surface area contributed by atoms with E-state index in [1.165, 1.54) is 17.0 Å². The lowest BCUT2D eigenvalue weighted by Gasteiger charge is -2.16. The Kier molecular flexibility index (Phi) is 3.68. The Balaban J connectivity index is 1.90. The van der Waals surface area contributed by atoms with Gasteiger partial charge in [-0.25, -0.2) is 8.42 Å². The molecule has 1 aromatic rings. The highest BCUT2D eigenvalue weighted by Gasteiger charge is 2.49. The van der Waals surface area contributed by atoms with E-state index < -0.39 is 27.0 Å². The van der Waals surface area contributed by atoms with E-state index in [0.717, 1.165) is 12.8 Å². The topological polar surface area (TPSA) is 91.8 Å². The largest absolute Gasteiger partial charge is 0.481 e. The van der Waals surface area contributed by atoms with Crippen LogP contribution >= 0.6 is 0 Å². The Morgan fingerprint density at radius 2 is 1.73 bits per heavy atom. The molecule has 7 heteroatoms. The minimum absolute atomic E-state index is 0.0264. The smallest absolute Gasteiger partial charge is 0.309 e. The molecule has 0 bridgehead atoms. The zero-order chi connectivity index (χ0) is 15.9. The fourth-order valence-corrected chi connectivity index (χ4v) is 4.78. The van der Waals surface area contributed by atoms with Crippen LogP contribution in [0.15, 0.2) is 35.2 Å². The number of nitrogens with zero attached hydrogens (tertiary/aromatic N) is 1. The summed E-state index contributed by atoms with van der Waals surface area (Å²) in [5.74, 6) is -2.41. The number of likely N-dealkylation sites (tertiary alicyclic amines) is 1. The van der Waals surface area contributed by atoms with Gasteiger partial charge in [-0.05, 0) is 25.0 Å². The van der Waals surface area contributed by atoms with Crippen molar-refractivity contribution in [1.29, 1.82) is 0 Å². The van der Waals surface area contributed by atoms with Gasteiger partial charge in [-0.15, -0.1) is 0 Å². The number of hydrogen-bond acceptors (Lipinski definition) is 4. The number of carboxylic acid groups (broad SMARTS) is 1. The molecular weight excluding hydrogens is 306 g/mol. The van der Waals surface area contributed by atoms with E-state index in [9.17, 15) is 23.1 Å². The average Bonchev–Trinajstić information content (AvgIpc) is 3.24. The first kappa shape index (κ1) is 15.0. The lowest BCUT2D eigenvalue weighted by Crippen LogP contribution is -2.34. The monoisotopic (exact) mass is 323 g/mol. The number of carbonyl (C=O) groups is 2. The molecule has 1 amide bonds. The maximum absolute atomic E-state index is 12.7. The van der Waals surface area contributed by atoms with Crippen molar-refractivity contribution >= 4 is 21.7 Å². The maximum atomic E-state index is 12.7. The summed E-state index contributed by atoms with van der Waals surface area (Å²) in [6.07, 6.45) is 1.62. The Morgan fingerprint density at radius 3 is 2.27 bits per heavy atom. The number of hydrogen-bond donors (Lipinski definition) is 1. The van der Waals surface area contributed by atoms with Crippen molar-refractivity contribution in [2.45, 2.75) is 23.0 Å². The summed E-state index contributed by atoms with van der Waals surface area (Å²) in [6.45, 7) is -0.0646. The SMILES string of the molecule is O=C(O)[C@@H]1CN(C(=O)C2CC2)C[C@H]1S(=O)(=O)c1ccccc1. The van der Waals surface area contributed by atoms with Crippen molar-refractivity contribution in [2.24, 2.45) is 11.8 Å². The lowest BCUT2D eigenvalue weighted by atomic mass is 10.1. The van der Waals surface area contributed by atoms with Gasteiger partial charge in [0.2, 0.25) is 5.91 Å². The molecule has 1 aliphatic heterocycles. The molecule has 0 spiro atoms. The van der Waals surface area contributed by atoms with E-state index in [-0.39, 0.29) is 29.8 Å². The summed E-state index contributed by atoms with van der Waals surface area (Å²) in [6, 6.07) is 7.82.